The van der Waals surface area contributed by atoms with Crippen LogP contribution in [0.4, 0.5) is 5.69 Å². The highest BCUT2D eigenvalue weighted by Crippen LogP contribution is 2.47. The Balaban J connectivity index is 2.28. The van der Waals surface area contributed by atoms with E-state index in [0.29, 0.717) is 0 Å². The van der Waals surface area contributed by atoms with Crippen molar-refractivity contribution in [3.63, 3.8) is 0 Å². The third-order valence-electron chi connectivity index (χ3n) is 1.92. The van der Waals surface area contributed by atoms with Gasteiger partial charge in [-0.3, -0.25) is 4.99 Å². The Kier molecular flexibility index (Phi) is 0.754. The van der Waals surface area contributed by atoms with E-state index in [0.717, 1.165) is 11.3 Å². The van der Waals surface area contributed by atoms with E-state index in [-0.39, 0.29) is 0 Å². The summed E-state index contributed by atoms with van der Waals surface area (Å²) < 4.78 is 0. The topological polar surface area (TPSA) is 37.4 Å². The zero-order valence-electron chi connectivity index (χ0n) is 5.65. The van der Waals surface area contributed by atoms with Crippen LogP contribution in [0.3, 0.4) is 0 Å². The summed E-state index contributed by atoms with van der Waals surface area (Å²) in [6.07, 6.45) is 1.68. The monoisotopic (exact) mass is 147 g/mol. The Hall–Kier alpha value is -1.19. The van der Waals surface area contributed by atoms with Gasteiger partial charge in [0.25, 0.3) is 5.79 Å². The first-order valence-corrected chi connectivity index (χ1v) is 3.42. The first kappa shape index (κ1) is 5.46. The molecule has 2 heterocycles. The van der Waals surface area contributed by atoms with Crippen LogP contribution in [0.5, 0.6) is 0 Å². The van der Waals surface area contributed by atoms with Gasteiger partial charge in [0.15, 0.2) is 0 Å². The van der Waals surface area contributed by atoms with Crippen LogP contribution in [0.15, 0.2) is 29.3 Å². The van der Waals surface area contributed by atoms with Crippen LogP contribution in [0, 0.1) is 0 Å². The fourth-order valence-electron chi connectivity index (χ4n) is 1.28. The summed E-state index contributed by atoms with van der Waals surface area (Å²) in [5.41, 5.74) is 1.94. The lowest BCUT2D eigenvalue weighted by atomic mass is 10.1. The highest BCUT2D eigenvalue weighted by Gasteiger charge is 2.53. The predicted molar refractivity (Wildman–Crippen MR) is 38.4 cm³/mol. The molecule has 1 saturated heterocycles. The fraction of sp³-hybridized carbons (Fsp3) is 0.125. The average molecular weight is 147 g/mol. The maximum absolute atomic E-state index is 4.83. The van der Waals surface area contributed by atoms with Crippen LogP contribution in [0.2, 0.25) is 0 Å². The normalized spacial score (nSPS) is 22.2. The number of hydrogen-bond acceptors (Lipinski definition) is 3. The van der Waals surface area contributed by atoms with Crippen molar-refractivity contribution in [1.29, 1.82) is 0 Å². The van der Waals surface area contributed by atoms with Gasteiger partial charge in [0.2, 0.25) is 0 Å². The molecule has 1 fully saturated rings. The minimum absolute atomic E-state index is 0.614. The molecule has 11 heavy (non-hydrogen) atoms. The molecule has 0 radical (unpaired) electrons. The van der Waals surface area contributed by atoms with Crippen molar-refractivity contribution in [1.82, 2.24) is 0 Å². The van der Waals surface area contributed by atoms with Gasteiger partial charge in [-0.25, -0.2) is 0 Å². The summed E-state index contributed by atoms with van der Waals surface area (Å²) in [5.74, 6) is -0.614. The predicted octanol–water partition coefficient (Wildman–Crippen LogP) is 1.52. The first-order chi connectivity index (χ1) is 5.41. The third kappa shape index (κ3) is 0.568. The molecule has 0 unspecified atom stereocenters. The highest BCUT2D eigenvalue weighted by molar-refractivity contribution is 5.83. The number of aliphatic imine (C=N–C) groups is 1. The number of benzene rings is 1. The largest absolute Gasteiger partial charge is 0.296 e. The average Bonchev–Trinajstić information content (AvgIpc) is 2.72. The molecule has 3 heteroatoms. The minimum Gasteiger partial charge on any atom is -0.254 e. The summed E-state index contributed by atoms with van der Waals surface area (Å²) >= 11 is 0. The van der Waals surface area contributed by atoms with Crippen molar-refractivity contribution < 1.29 is 9.78 Å². The summed E-state index contributed by atoms with van der Waals surface area (Å²) in [5, 5.41) is 0. The first-order valence-electron chi connectivity index (χ1n) is 3.42. The molecule has 0 bridgehead atoms. The van der Waals surface area contributed by atoms with Crippen molar-refractivity contribution in [2.45, 2.75) is 5.79 Å². The molecular weight excluding hydrogens is 142 g/mol. The lowest BCUT2D eigenvalue weighted by Gasteiger charge is -1.95. The summed E-state index contributed by atoms with van der Waals surface area (Å²) in [4.78, 5) is 13.8. The third-order valence-corrected chi connectivity index (χ3v) is 1.92. The molecular formula is C8H5NO2. The number of para-hydroxylation sites is 1. The molecule has 0 aromatic heterocycles. The zero-order valence-corrected chi connectivity index (χ0v) is 5.65. The lowest BCUT2D eigenvalue weighted by molar-refractivity contribution is 0.0850. The molecule has 1 spiro atoms. The number of rotatable bonds is 0. The zero-order chi connectivity index (χ0) is 7.31. The molecule has 0 saturated carbocycles. The van der Waals surface area contributed by atoms with Gasteiger partial charge in [-0.1, -0.05) is 18.2 Å². The maximum Gasteiger partial charge on any atom is 0.296 e. The van der Waals surface area contributed by atoms with Gasteiger partial charge >= 0.3 is 0 Å². The van der Waals surface area contributed by atoms with E-state index >= 15 is 0 Å². The van der Waals surface area contributed by atoms with Crippen molar-refractivity contribution in [2.24, 2.45) is 4.99 Å². The molecule has 0 N–H and O–H groups in total. The van der Waals surface area contributed by atoms with Gasteiger partial charge in [0.1, 0.15) is 0 Å². The summed E-state index contributed by atoms with van der Waals surface area (Å²) in [6, 6.07) is 7.78. The van der Waals surface area contributed by atoms with Crippen LogP contribution < -0.4 is 0 Å². The van der Waals surface area contributed by atoms with E-state index in [1.807, 2.05) is 24.3 Å². The second kappa shape index (κ2) is 1.52. The quantitative estimate of drug-likeness (QED) is 0.412. The number of fused-ring (bicyclic) bond motifs is 2. The van der Waals surface area contributed by atoms with Crippen molar-refractivity contribution in [3.05, 3.63) is 29.8 Å². The standard InChI is InChI=1S/C8H5NO2/c1-2-4-7-6(3-1)8(5-9-7)10-11-8/h1-5H. The van der Waals surface area contributed by atoms with Gasteiger partial charge in [-0.2, -0.15) is 9.78 Å². The molecule has 0 atom stereocenters. The van der Waals surface area contributed by atoms with E-state index in [1.54, 1.807) is 6.21 Å². The molecule has 0 aliphatic carbocycles. The molecule has 2 aliphatic heterocycles. The van der Waals surface area contributed by atoms with Crippen LogP contribution in [0.1, 0.15) is 5.56 Å². The van der Waals surface area contributed by atoms with Gasteiger partial charge in [0.05, 0.1) is 11.9 Å². The molecule has 3 nitrogen and oxygen atoms in total. The highest BCUT2D eigenvalue weighted by atomic mass is 17.4. The number of hydrogen-bond donors (Lipinski definition) is 0. The van der Waals surface area contributed by atoms with Crippen LogP contribution in [0.25, 0.3) is 0 Å². The van der Waals surface area contributed by atoms with Gasteiger partial charge in [-0.05, 0) is 6.07 Å². The Labute approximate surface area is 63.2 Å². The van der Waals surface area contributed by atoms with E-state index in [2.05, 4.69) is 4.99 Å². The minimum atomic E-state index is -0.614. The molecule has 3 rings (SSSR count). The Morgan fingerprint density at radius 2 is 2.00 bits per heavy atom. The van der Waals surface area contributed by atoms with Crippen molar-refractivity contribution in [2.75, 3.05) is 0 Å². The summed E-state index contributed by atoms with van der Waals surface area (Å²) in [7, 11) is 0. The Morgan fingerprint density at radius 3 is 2.82 bits per heavy atom. The maximum atomic E-state index is 4.83. The van der Waals surface area contributed by atoms with Crippen molar-refractivity contribution >= 4 is 11.9 Å². The summed E-state index contributed by atoms with van der Waals surface area (Å²) in [6.45, 7) is 0. The Bertz CT molecular complexity index is 342. The SMILES string of the molecule is C1=Nc2ccccc2C12OO2. The van der Waals surface area contributed by atoms with Crippen LogP contribution >= 0.6 is 0 Å². The van der Waals surface area contributed by atoms with Gasteiger partial charge in [-0.15, -0.1) is 0 Å². The molecule has 54 valence electrons. The van der Waals surface area contributed by atoms with E-state index < -0.39 is 5.79 Å². The number of nitrogens with zero attached hydrogens (tertiary/aromatic N) is 1. The van der Waals surface area contributed by atoms with Crippen LogP contribution in [-0.4, -0.2) is 6.21 Å². The second-order valence-electron chi connectivity index (χ2n) is 2.61. The lowest BCUT2D eigenvalue weighted by Crippen LogP contribution is -2.03. The van der Waals surface area contributed by atoms with Gasteiger partial charge < -0.3 is 0 Å². The van der Waals surface area contributed by atoms with Crippen LogP contribution in [-0.2, 0) is 15.6 Å². The molecule has 0 amide bonds. The van der Waals surface area contributed by atoms with E-state index in [4.69, 9.17) is 9.78 Å². The van der Waals surface area contributed by atoms with E-state index in [1.165, 1.54) is 0 Å². The molecule has 1 aromatic carbocycles. The molecule has 2 aliphatic rings. The van der Waals surface area contributed by atoms with Crippen molar-refractivity contribution in [3.8, 4) is 0 Å². The van der Waals surface area contributed by atoms with Gasteiger partial charge in [0, 0.05) is 5.56 Å². The Morgan fingerprint density at radius 1 is 1.18 bits per heavy atom. The van der Waals surface area contributed by atoms with E-state index in [9.17, 15) is 0 Å². The fourth-order valence-corrected chi connectivity index (χ4v) is 1.28. The second-order valence-corrected chi connectivity index (χ2v) is 2.61. The molecule has 1 aromatic rings. The smallest absolute Gasteiger partial charge is 0.254 e.